The fourth-order valence-corrected chi connectivity index (χ4v) is 2.63. The number of benzene rings is 3. The summed E-state index contributed by atoms with van der Waals surface area (Å²) in [6, 6.07) is 20.8. The van der Waals surface area contributed by atoms with E-state index in [9.17, 15) is 9.59 Å². The first-order valence-electron chi connectivity index (χ1n) is 8.86. The highest BCUT2D eigenvalue weighted by molar-refractivity contribution is 5.93. The summed E-state index contributed by atoms with van der Waals surface area (Å²) in [6.07, 6.45) is 0. The van der Waals surface area contributed by atoms with Gasteiger partial charge in [0.25, 0.3) is 5.91 Å². The van der Waals surface area contributed by atoms with Gasteiger partial charge in [-0.3, -0.25) is 4.79 Å². The maximum atomic E-state index is 11.9. The van der Waals surface area contributed by atoms with Gasteiger partial charge in [-0.1, -0.05) is 30.3 Å². The number of nitrogens with one attached hydrogen (secondary N) is 1. The summed E-state index contributed by atoms with van der Waals surface area (Å²) in [5, 5.41) is 4.79. The fourth-order valence-electron chi connectivity index (χ4n) is 2.63. The van der Waals surface area contributed by atoms with Crippen LogP contribution < -0.4 is 15.0 Å². The predicted octanol–water partition coefficient (Wildman–Crippen LogP) is 3.47. The van der Waals surface area contributed by atoms with Crippen molar-refractivity contribution in [2.75, 3.05) is 37.5 Å². The Morgan fingerprint density at radius 3 is 2.32 bits per heavy atom. The second kappa shape index (κ2) is 8.90. The Labute approximate surface area is 163 Å². The number of fused-ring (bicyclic) bond motifs is 1. The number of amides is 1. The van der Waals surface area contributed by atoms with E-state index in [1.165, 1.54) is 0 Å². The largest absolute Gasteiger partial charge is 0.482 e. The quantitative estimate of drug-likeness (QED) is 0.638. The topological polar surface area (TPSA) is 67.9 Å². The van der Waals surface area contributed by atoms with Crippen molar-refractivity contribution in [1.82, 2.24) is 0 Å². The molecule has 0 atom stereocenters. The molecule has 0 saturated heterocycles. The van der Waals surface area contributed by atoms with E-state index >= 15 is 0 Å². The van der Waals surface area contributed by atoms with Gasteiger partial charge in [-0.2, -0.15) is 0 Å². The second-order valence-corrected chi connectivity index (χ2v) is 6.45. The van der Waals surface area contributed by atoms with Crippen LogP contribution >= 0.6 is 0 Å². The van der Waals surface area contributed by atoms with Crippen molar-refractivity contribution in [3.63, 3.8) is 0 Å². The minimum Gasteiger partial charge on any atom is -0.482 e. The molecule has 6 heteroatoms. The van der Waals surface area contributed by atoms with E-state index in [2.05, 4.69) is 5.32 Å². The Bertz CT molecular complexity index is 968. The molecule has 0 aliphatic carbocycles. The molecule has 0 bridgehead atoms. The summed E-state index contributed by atoms with van der Waals surface area (Å²) >= 11 is 0. The minimum atomic E-state index is -0.605. The van der Waals surface area contributed by atoms with Crippen LogP contribution in [0.1, 0.15) is 0 Å². The van der Waals surface area contributed by atoms with Crippen LogP contribution in [-0.2, 0) is 14.3 Å². The molecule has 0 aliphatic rings. The average Bonchev–Trinajstić information content (AvgIpc) is 2.71. The average molecular weight is 378 g/mol. The molecule has 144 valence electrons. The Kier molecular flexibility index (Phi) is 6.11. The Morgan fingerprint density at radius 1 is 0.893 bits per heavy atom. The first-order chi connectivity index (χ1) is 13.5. The number of carbonyl (C=O) groups excluding carboxylic acids is 2. The third kappa shape index (κ3) is 5.23. The molecule has 6 nitrogen and oxygen atoms in total. The van der Waals surface area contributed by atoms with E-state index in [0.717, 1.165) is 16.5 Å². The van der Waals surface area contributed by atoms with Crippen LogP contribution in [-0.4, -0.2) is 39.2 Å². The van der Waals surface area contributed by atoms with Crippen molar-refractivity contribution in [3.8, 4) is 5.75 Å². The SMILES string of the molecule is CN(C)c1ccc(NC(=O)COC(=O)COc2ccc3ccccc3c2)cc1. The molecule has 0 radical (unpaired) electrons. The first kappa shape index (κ1) is 19.2. The first-order valence-corrected chi connectivity index (χ1v) is 8.86. The highest BCUT2D eigenvalue weighted by atomic mass is 16.6. The van der Waals surface area contributed by atoms with Crippen LogP contribution in [0.2, 0.25) is 0 Å². The molecule has 28 heavy (non-hydrogen) atoms. The molecule has 0 aromatic heterocycles. The second-order valence-electron chi connectivity index (χ2n) is 6.45. The van der Waals surface area contributed by atoms with Gasteiger partial charge in [-0.15, -0.1) is 0 Å². The van der Waals surface area contributed by atoms with Gasteiger partial charge in [0.1, 0.15) is 5.75 Å². The van der Waals surface area contributed by atoms with Gasteiger partial charge in [0, 0.05) is 25.5 Å². The number of hydrogen-bond donors (Lipinski definition) is 1. The van der Waals surface area contributed by atoms with Crippen molar-refractivity contribution in [2.24, 2.45) is 0 Å². The molecule has 0 heterocycles. The number of nitrogens with zero attached hydrogens (tertiary/aromatic N) is 1. The third-order valence-corrected chi connectivity index (χ3v) is 4.11. The molecule has 0 saturated carbocycles. The molecule has 0 spiro atoms. The zero-order valence-electron chi connectivity index (χ0n) is 15.8. The van der Waals surface area contributed by atoms with E-state index in [4.69, 9.17) is 9.47 Å². The number of hydrogen-bond acceptors (Lipinski definition) is 5. The summed E-state index contributed by atoms with van der Waals surface area (Å²) in [7, 11) is 3.88. The normalized spacial score (nSPS) is 10.4. The Hall–Kier alpha value is -3.54. The van der Waals surface area contributed by atoms with E-state index in [0.29, 0.717) is 11.4 Å². The van der Waals surface area contributed by atoms with Crippen molar-refractivity contribution in [1.29, 1.82) is 0 Å². The Morgan fingerprint density at radius 2 is 1.61 bits per heavy atom. The zero-order chi connectivity index (χ0) is 19.9. The lowest BCUT2D eigenvalue weighted by Gasteiger charge is -2.13. The summed E-state index contributed by atoms with van der Waals surface area (Å²) in [5.41, 5.74) is 1.66. The highest BCUT2D eigenvalue weighted by Gasteiger charge is 2.09. The van der Waals surface area contributed by atoms with Crippen LogP contribution in [0, 0.1) is 0 Å². The van der Waals surface area contributed by atoms with Crippen molar-refractivity contribution in [3.05, 3.63) is 66.7 Å². The third-order valence-electron chi connectivity index (χ3n) is 4.11. The molecule has 3 aromatic carbocycles. The lowest BCUT2D eigenvalue weighted by atomic mass is 10.1. The number of ether oxygens (including phenoxy) is 2. The number of esters is 1. The standard InChI is InChI=1S/C22H22N2O4/c1-24(2)19-10-8-18(9-11-19)23-21(25)14-28-22(26)15-27-20-12-7-16-5-3-4-6-17(16)13-20/h3-13H,14-15H2,1-2H3,(H,23,25). The van der Waals surface area contributed by atoms with E-state index < -0.39 is 11.9 Å². The molecule has 1 N–H and O–H groups in total. The van der Waals surface area contributed by atoms with Gasteiger partial charge < -0.3 is 19.7 Å². The zero-order valence-corrected chi connectivity index (χ0v) is 15.8. The fraction of sp³-hybridized carbons (Fsp3) is 0.182. The van der Waals surface area contributed by atoms with Gasteiger partial charge in [-0.25, -0.2) is 4.79 Å². The summed E-state index contributed by atoms with van der Waals surface area (Å²) in [6.45, 7) is -0.626. The number of anilines is 2. The highest BCUT2D eigenvalue weighted by Crippen LogP contribution is 2.20. The number of rotatable bonds is 7. The molecule has 1 amide bonds. The smallest absolute Gasteiger partial charge is 0.344 e. The van der Waals surface area contributed by atoms with Crippen LogP contribution in [0.4, 0.5) is 11.4 Å². The van der Waals surface area contributed by atoms with Gasteiger partial charge in [0.15, 0.2) is 13.2 Å². The lowest BCUT2D eigenvalue weighted by Crippen LogP contribution is -2.23. The van der Waals surface area contributed by atoms with Gasteiger partial charge in [0.05, 0.1) is 0 Å². The van der Waals surface area contributed by atoms with E-state index in [1.807, 2.05) is 67.5 Å². The van der Waals surface area contributed by atoms with Crippen LogP contribution in [0.25, 0.3) is 10.8 Å². The van der Waals surface area contributed by atoms with Crippen molar-refractivity contribution < 1.29 is 19.1 Å². The predicted molar refractivity (Wildman–Crippen MR) is 110 cm³/mol. The van der Waals surface area contributed by atoms with E-state index in [-0.39, 0.29) is 13.2 Å². The van der Waals surface area contributed by atoms with Crippen LogP contribution in [0.3, 0.4) is 0 Å². The van der Waals surface area contributed by atoms with Gasteiger partial charge >= 0.3 is 5.97 Å². The monoisotopic (exact) mass is 378 g/mol. The molecule has 0 fully saturated rings. The van der Waals surface area contributed by atoms with E-state index in [1.54, 1.807) is 18.2 Å². The Balaban J connectivity index is 1.43. The maximum absolute atomic E-state index is 11.9. The minimum absolute atomic E-state index is 0.261. The maximum Gasteiger partial charge on any atom is 0.344 e. The molecular formula is C22H22N2O4. The molecule has 3 rings (SSSR count). The molecule has 0 aliphatic heterocycles. The van der Waals surface area contributed by atoms with Crippen LogP contribution in [0.15, 0.2) is 66.7 Å². The summed E-state index contributed by atoms with van der Waals surface area (Å²) < 4.78 is 10.4. The number of carbonyl (C=O) groups is 2. The molecular weight excluding hydrogens is 356 g/mol. The van der Waals surface area contributed by atoms with Crippen LogP contribution in [0.5, 0.6) is 5.75 Å². The molecule has 0 unspecified atom stereocenters. The summed E-state index contributed by atoms with van der Waals surface area (Å²) in [5.74, 6) is -0.441. The van der Waals surface area contributed by atoms with Gasteiger partial charge in [0.2, 0.25) is 0 Å². The van der Waals surface area contributed by atoms with Crippen molar-refractivity contribution in [2.45, 2.75) is 0 Å². The summed E-state index contributed by atoms with van der Waals surface area (Å²) in [4.78, 5) is 25.7. The molecule has 3 aromatic rings. The van der Waals surface area contributed by atoms with Gasteiger partial charge in [-0.05, 0) is 47.2 Å². The lowest BCUT2D eigenvalue weighted by molar-refractivity contribution is -0.149. The van der Waals surface area contributed by atoms with Crippen molar-refractivity contribution >= 4 is 34.0 Å².